The molecule has 6 heteroatoms. The zero-order valence-corrected chi connectivity index (χ0v) is 15.2. The standard InChI is InChI=1S/C19H26N4O2/c1-13-18(22-8-10-25-11-9-22)6-7-23(13)19-16-12-15(24-3)4-5-17(16)20-14(2)21-19/h4-5,12-13,18H,6-11H2,1-3H3/t13-,18-/m1/s1. The molecule has 0 aliphatic carbocycles. The van der Waals surface area contributed by atoms with Crippen molar-refractivity contribution in [1.29, 1.82) is 0 Å². The maximum absolute atomic E-state index is 5.52. The molecule has 0 amide bonds. The second-order valence-electron chi connectivity index (χ2n) is 6.92. The number of ether oxygens (including phenoxy) is 2. The third-order valence-electron chi connectivity index (χ3n) is 5.50. The van der Waals surface area contributed by atoms with Crippen LogP contribution in [0.2, 0.25) is 0 Å². The lowest BCUT2D eigenvalue weighted by Crippen LogP contribution is -2.48. The summed E-state index contributed by atoms with van der Waals surface area (Å²) >= 11 is 0. The SMILES string of the molecule is COc1ccc2nc(C)nc(N3CC[C@@H](N4CCOCC4)[C@H]3C)c2c1. The van der Waals surface area contributed by atoms with Gasteiger partial charge in [-0.3, -0.25) is 4.90 Å². The van der Waals surface area contributed by atoms with Crippen molar-refractivity contribution in [2.45, 2.75) is 32.4 Å². The average molecular weight is 342 g/mol. The van der Waals surface area contributed by atoms with Gasteiger partial charge in [0.05, 0.1) is 25.8 Å². The normalized spacial score (nSPS) is 24.8. The van der Waals surface area contributed by atoms with Crippen molar-refractivity contribution in [3.8, 4) is 5.75 Å². The highest BCUT2D eigenvalue weighted by atomic mass is 16.5. The van der Waals surface area contributed by atoms with E-state index in [-0.39, 0.29) is 0 Å². The van der Waals surface area contributed by atoms with Gasteiger partial charge in [0.1, 0.15) is 17.4 Å². The van der Waals surface area contributed by atoms with E-state index in [0.29, 0.717) is 12.1 Å². The summed E-state index contributed by atoms with van der Waals surface area (Å²) < 4.78 is 10.9. The number of rotatable bonds is 3. The number of aromatic nitrogens is 2. The predicted octanol–water partition coefficient (Wildman–Crippen LogP) is 2.25. The molecule has 4 rings (SSSR count). The number of aryl methyl sites for hydroxylation is 1. The first-order valence-electron chi connectivity index (χ1n) is 9.08. The fraction of sp³-hybridized carbons (Fsp3) is 0.579. The molecule has 1 aromatic carbocycles. The number of methoxy groups -OCH3 is 1. The van der Waals surface area contributed by atoms with Gasteiger partial charge >= 0.3 is 0 Å². The molecule has 2 atom stereocenters. The third-order valence-corrected chi connectivity index (χ3v) is 5.50. The van der Waals surface area contributed by atoms with Crippen LogP contribution in [-0.4, -0.2) is 66.9 Å². The first-order valence-corrected chi connectivity index (χ1v) is 9.08. The van der Waals surface area contributed by atoms with Crippen LogP contribution in [-0.2, 0) is 4.74 Å². The Hall–Kier alpha value is -1.92. The molecule has 134 valence electrons. The largest absolute Gasteiger partial charge is 0.497 e. The Morgan fingerprint density at radius 3 is 2.72 bits per heavy atom. The second-order valence-corrected chi connectivity index (χ2v) is 6.92. The van der Waals surface area contributed by atoms with Crippen LogP contribution in [0.15, 0.2) is 18.2 Å². The van der Waals surface area contributed by atoms with Gasteiger partial charge in [0.2, 0.25) is 0 Å². The van der Waals surface area contributed by atoms with Crippen molar-refractivity contribution >= 4 is 16.7 Å². The van der Waals surface area contributed by atoms with Crippen LogP contribution < -0.4 is 9.64 Å². The zero-order chi connectivity index (χ0) is 17.4. The van der Waals surface area contributed by atoms with E-state index in [1.165, 1.54) is 0 Å². The summed E-state index contributed by atoms with van der Waals surface area (Å²) in [7, 11) is 1.70. The van der Waals surface area contributed by atoms with E-state index >= 15 is 0 Å². The highest BCUT2D eigenvalue weighted by molar-refractivity contribution is 5.91. The Kier molecular flexibility index (Phi) is 4.48. The van der Waals surface area contributed by atoms with Crippen LogP contribution >= 0.6 is 0 Å². The van der Waals surface area contributed by atoms with Gasteiger partial charge in [0.25, 0.3) is 0 Å². The fourth-order valence-corrected chi connectivity index (χ4v) is 4.17. The van der Waals surface area contributed by atoms with Crippen molar-refractivity contribution in [3.63, 3.8) is 0 Å². The molecule has 2 aliphatic rings. The van der Waals surface area contributed by atoms with Crippen LogP contribution in [0, 0.1) is 6.92 Å². The summed E-state index contributed by atoms with van der Waals surface area (Å²) in [6, 6.07) is 7.01. The number of hydrogen-bond donors (Lipinski definition) is 0. The summed E-state index contributed by atoms with van der Waals surface area (Å²) in [4.78, 5) is 14.4. The number of nitrogens with zero attached hydrogens (tertiary/aromatic N) is 4. The molecule has 0 spiro atoms. The van der Waals surface area contributed by atoms with Crippen LogP contribution in [0.1, 0.15) is 19.2 Å². The van der Waals surface area contributed by atoms with E-state index in [2.05, 4.69) is 27.8 Å². The lowest BCUT2D eigenvalue weighted by Gasteiger charge is -2.36. The number of hydrogen-bond acceptors (Lipinski definition) is 6. The number of fused-ring (bicyclic) bond motifs is 1. The molecule has 2 fully saturated rings. The van der Waals surface area contributed by atoms with Crippen molar-refractivity contribution in [1.82, 2.24) is 14.9 Å². The Labute approximate surface area is 148 Å². The quantitative estimate of drug-likeness (QED) is 0.853. The smallest absolute Gasteiger partial charge is 0.140 e. The molecule has 2 saturated heterocycles. The van der Waals surface area contributed by atoms with Gasteiger partial charge in [-0.15, -0.1) is 0 Å². The monoisotopic (exact) mass is 342 g/mol. The van der Waals surface area contributed by atoms with Gasteiger partial charge in [-0.1, -0.05) is 0 Å². The predicted molar refractivity (Wildman–Crippen MR) is 98.4 cm³/mol. The highest BCUT2D eigenvalue weighted by Gasteiger charge is 2.36. The Balaban J connectivity index is 1.69. The average Bonchev–Trinajstić information content (AvgIpc) is 3.02. The maximum atomic E-state index is 5.52. The van der Waals surface area contributed by atoms with E-state index in [9.17, 15) is 0 Å². The van der Waals surface area contributed by atoms with E-state index < -0.39 is 0 Å². The molecule has 2 aliphatic heterocycles. The molecule has 0 radical (unpaired) electrons. The van der Waals surface area contributed by atoms with E-state index in [4.69, 9.17) is 14.5 Å². The van der Waals surface area contributed by atoms with Gasteiger partial charge in [0, 0.05) is 37.1 Å². The summed E-state index contributed by atoms with van der Waals surface area (Å²) in [6.45, 7) is 9.04. The summed E-state index contributed by atoms with van der Waals surface area (Å²) in [5.74, 6) is 2.69. The first-order chi connectivity index (χ1) is 12.2. The van der Waals surface area contributed by atoms with Crippen molar-refractivity contribution in [2.75, 3.05) is 44.9 Å². The van der Waals surface area contributed by atoms with Gasteiger partial charge in [0.15, 0.2) is 0 Å². The molecule has 0 saturated carbocycles. The maximum Gasteiger partial charge on any atom is 0.140 e. The van der Waals surface area contributed by atoms with E-state index in [1.54, 1.807) is 7.11 Å². The lowest BCUT2D eigenvalue weighted by atomic mass is 10.1. The molecular weight excluding hydrogens is 316 g/mol. The van der Waals surface area contributed by atoms with Crippen molar-refractivity contribution in [2.24, 2.45) is 0 Å². The second kappa shape index (κ2) is 6.77. The highest BCUT2D eigenvalue weighted by Crippen LogP contribution is 2.33. The Morgan fingerprint density at radius 2 is 1.96 bits per heavy atom. The molecule has 6 nitrogen and oxygen atoms in total. The van der Waals surface area contributed by atoms with E-state index in [1.807, 2.05) is 19.1 Å². The fourth-order valence-electron chi connectivity index (χ4n) is 4.17. The van der Waals surface area contributed by atoms with Gasteiger partial charge in [-0.25, -0.2) is 9.97 Å². The summed E-state index contributed by atoms with van der Waals surface area (Å²) in [6.07, 6.45) is 1.16. The molecule has 0 N–H and O–H groups in total. The summed E-state index contributed by atoms with van der Waals surface area (Å²) in [5.41, 5.74) is 0.977. The molecule has 25 heavy (non-hydrogen) atoms. The van der Waals surface area contributed by atoms with Crippen LogP contribution in [0.25, 0.3) is 10.9 Å². The molecule has 0 unspecified atom stereocenters. The molecule has 2 aromatic rings. The van der Waals surface area contributed by atoms with Crippen LogP contribution in [0.3, 0.4) is 0 Å². The Bertz CT molecular complexity index is 760. The topological polar surface area (TPSA) is 50.7 Å². The van der Waals surface area contributed by atoms with Gasteiger partial charge in [-0.2, -0.15) is 0 Å². The first kappa shape index (κ1) is 16.5. The molecular formula is C19H26N4O2. The van der Waals surface area contributed by atoms with Crippen LogP contribution in [0.5, 0.6) is 5.75 Å². The molecule has 1 aromatic heterocycles. The molecule has 3 heterocycles. The minimum Gasteiger partial charge on any atom is -0.497 e. The minimum atomic E-state index is 0.418. The third kappa shape index (κ3) is 3.04. The van der Waals surface area contributed by atoms with Gasteiger partial charge < -0.3 is 14.4 Å². The van der Waals surface area contributed by atoms with Crippen molar-refractivity contribution < 1.29 is 9.47 Å². The van der Waals surface area contributed by atoms with E-state index in [0.717, 1.165) is 67.6 Å². The zero-order valence-electron chi connectivity index (χ0n) is 15.2. The minimum absolute atomic E-state index is 0.418. The van der Waals surface area contributed by atoms with Crippen molar-refractivity contribution in [3.05, 3.63) is 24.0 Å². The van der Waals surface area contributed by atoms with Crippen LogP contribution in [0.4, 0.5) is 5.82 Å². The number of anilines is 1. The van der Waals surface area contributed by atoms with Gasteiger partial charge in [-0.05, 0) is 38.5 Å². The molecule has 0 bridgehead atoms. The lowest BCUT2D eigenvalue weighted by molar-refractivity contribution is 0.0159. The number of benzene rings is 1. The number of morpholine rings is 1. The Morgan fingerprint density at radius 1 is 1.16 bits per heavy atom. The summed E-state index contributed by atoms with van der Waals surface area (Å²) in [5, 5.41) is 1.07.